The van der Waals surface area contributed by atoms with Crippen LogP contribution in [0.4, 0.5) is 10.5 Å². The van der Waals surface area contributed by atoms with E-state index in [2.05, 4.69) is 25.0 Å². The monoisotopic (exact) mass is 613 g/mol. The fourth-order valence-corrected chi connectivity index (χ4v) is 6.52. The number of carbonyl (C=O) groups excluding carboxylic acids is 2. The zero-order chi connectivity index (χ0) is 29.6. The summed E-state index contributed by atoms with van der Waals surface area (Å²) in [5.74, 6) is 5.84. The van der Waals surface area contributed by atoms with Crippen LogP contribution >= 0.6 is 23.2 Å². The second-order valence-corrected chi connectivity index (χ2v) is 16.6. The predicted octanol–water partition coefficient (Wildman–Crippen LogP) is 7.06. The SMILES string of the molecule is C[Si](C)(C)OC[C@@H](CCCCNC(=O)OCc1ccccc1)C1(c2ccccc2Cl)C(=O)N(N)c2ccc(Cl)cc21. The van der Waals surface area contributed by atoms with Crippen LogP contribution in [0.15, 0.2) is 72.8 Å². The third kappa shape index (κ3) is 7.13. The molecule has 0 saturated carbocycles. The van der Waals surface area contributed by atoms with Gasteiger partial charge in [-0.2, -0.15) is 0 Å². The van der Waals surface area contributed by atoms with Crippen LogP contribution in [0.2, 0.25) is 29.7 Å². The zero-order valence-corrected chi connectivity index (χ0v) is 26.2. The molecule has 3 aromatic rings. The third-order valence-electron chi connectivity index (χ3n) is 7.29. The average molecular weight is 615 g/mol. The highest BCUT2D eigenvalue weighted by Gasteiger charge is 2.57. The summed E-state index contributed by atoms with van der Waals surface area (Å²) in [4.78, 5) is 26.5. The lowest BCUT2D eigenvalue weighted by Crippen LogP contribution is -2.51. The molecule has 1 heterocycles. The van der Waals surface area contributed by atoms with Gasteiger partial charge in [-0.05, 0) is 73.4 Å². The molecule has 2 atom stereocenters. The molecule has 0 bridgehead atoms. The number of hydrazine groups is 1. The fraction of sp³-hybridized carbons (Fsp3) is 0.355. The predicted molar refractivity (Wildman–Crippen MR) is 167 cm³/mol. The van der Waals surface area contributed by atoms with Gasteiger partial charge >= 0.3 is 6.09 Å². The summed E-state index contributed by atoms with van der Waals surface area (Å²) in [5, 5.41) is 5.01. The van der Waals surface area contributed by atoms with Crippen LogP contribution in [0.5, 0.6) is 0 Å². The summed E-state index contributed by atoms with van der Waals surface area (Å²) in [6.07, 6.45) is 1.57. The van der Waals surface area contributed by atoms with Gasteiger partial charge in [0.15, 0.2) is 8.32 Å². The van der Waals surface area contributed by atoms with E-state index in [9.17, 15) is 9.59 Å². The normalized spacial score (nSPS) is 17.3. The van der Waals surface area contributed by atoms with Gasteiger partial charge in [-0.1, -0.05) is 78.2 Å². The molecule has 7 nitrogen and oxygen atoms in total. The van der Waals surface area contributed by atoms with Crippen molar-refractivity contribution in [1.82, 2.24) is 5.32 Å². The van der Waals surface area contributed by atoms with Crippen molar-refractivity contribution in [3.63, 3.8) is 0 Å². The van der Waals surface area contributed by atoms with Crippen molar-refractivity contribution >= 4 is 49.2 Å². The molecule has 3 aromatic carbocycles. The minimum atomic E-state index is -1.96. The highest BCUT2D eigenvalue weighted by Crippen LogP contribution is 2.53. The Hall–Kier alpha value is -2.88. The Labute approximate surface area is 253 Å². The maximum absolute atomic E-state index is 14.3. The van der Waals surface area contributed by atoms with Crippen molar-refractivity contribution in [2.45, 2.75) is 50.9 Å². The molecule has 41 heavy (non-hydrogen) atoms. The van der Waals surface area contributed by atoms with Crippen molar-refractivity contribution in [1.29, 1.82) is 0 Å². The fourth-order valence-electron chi connectivity index (χ4n) is 5.36. The van der Waals surface area contributed by atoms with Gasteiger partial charge in [0.2, 0.25) is 0 Å². The summed E-state index contributed by atoms with van der Waals surface area (Å²) >= 11 is 13.3. The number of unbranched alkanes of at least 4 members (excludes halogenated alkanes) is 1. The number of amides is 2. The molecular weight excluding hydrogens is 577 g/mol. The Kier molecular flexibility index (Phi) is 10.1. The van der Waals surface area contributed by atoms with Gasteiger partial charge in [0.05, 0.1) is 5.69 Å². The van der Waals surface area contributed by atoms with Crippen molar-refractivity contribution < 1.29 is 18.8 Å². The summed E-state index contributed by atoms with van der Waals surface area (Å²) in [6.45, 7) is 7.35. The number of fused-ring (bicyclic) bond motifs is 1. The molecule has 0 spiro atoms. The first-order valence-corrected chi connectivity index (χ1v) is 17.9. The molecule has 1 unspecified atom stereocenters. The summed E-state index contributed by atoms with van der Waals surface area (Å²) in [7, 11) is -1.96. The van der Waals surface area contributed by atoms with Gasteiger partial charge in [0.25, 0.3) is 5.91 Å². The second kappa shape index (κ2) is 13.4. The van der Waals surface area contributed by atoms with E-state index in [1.165, 1.54) is 5.01 Å². The van der Waals surface area contributed by atoms with Gasteiger partial charge < -0.3 is 14.5 Å². The Morgan fingerprint density at radius 3 is 2.41 bits per heavy atom. The molecule has 2 amide bonds. The molecule has 218 valence electrons. The Balaban J connectivity index is 1.56. The highest BCUT2D eigenvalue weighted by atomic mass is 35.5. The maximum Gasteiger partial charge on any atom is 0.407 e. The molecule has 1 aliphatic heterocycles. The van der Waals surface area contributed by atoms with Crippen LogP contribution in [0.1, 0.15) is 36.0 Å². The molecule has 10 heteroatoms. The van der Waals surface area contributed by atoms with E-state index in [-0.39, 0.29) is 18.4 Å². The van der Waals surface area contributed by atoms with Gasteiger partial charge in [-0.15, -0.1) is 0 Å². The van der Waals surface area contributed by atoms with E-state index in [1.807, 2.05) is 54.6 Å². The van der Waals surface area contributed by atoms with Gasteiger partial charge in [-0.25, -0.2) is 15.6 Å². The number of rotatable bonds is 12. The molecule has 1 aliphatic rings. The number of carbonyl (C=O) groups is 2. The minimum Gasteiger partial charge on any atom is -0.445 e. The molecule has 3 N–H and O–H groups in total. The lowest BCUT2D eigenvalue weighted by Gasteiger charge is -2.39. The smallest absolute Gasteiger partial charge is 0.407 e. The Morgan fingerprint density at radius 1 is 1.00 bits per heavy atom. The van der Waals surface area contributed by atoms with E-state index in [4.69, 9.17) is 38.2 Å². The van der Waals surface area contributed by atoms with Gasteiger partial charge in [0.1, 0.15) is 12.0 Å². The average Bonchev–Trinajstić information content (AvgIpc) is 3.15. The van der Waals surface area contributed by atoms with E-state index in [0.29, 0.717) is 47.3 Å². The summed E-state index contributed by atoms with van der Waals surface area (Å²) in [5.41, 5.74) is 1.73. The van der Waals surface area contributed by atoms with Gasteiger partial charge in [-0.3, -0.25) is 4.79 Å². The summed E-state index contributed by atoms with van der Waals surface area (Å²) < 4.78 is 11.8. The number of alkyl carbamates (subject to hydrolysis) is 1. The van der Waals surface area contributed by atoms with Crippen LogP contribution in [0.25, 0.3) is 0 Å². The van der Waals surface area contributed by atoms with Crippen LogP contribution < -0.4 is 16.2 Å². The standard InChI is InChI=1S/C31H37Cl2N3O4Si/c1-41(2,3)40-21-23(13-9-10-18-35-30(38)39-20-22-11-5-4-6-12-22)31(25-14-7-8-15-27(25)33)26-19-24(32)16-17-28(26)36(34)29(31)37/h4-8,11-12,14-17,19,23H,9-10,13,18,20-21,34H2,1-3H3,(H,35,38)/t23-,31?/m1/s1. The van der Waals surface area contributed by atoms with Crippen LogP contribution in [-0.2, 0) is 26.0 Å². The molecule has 0 aromatic heterocycles. The number of halogens is 2. The van der Waals surface area contributed by atoms with Crippen molar-refractivity contribution in [3.8, 4) is 0 Å². The number of ether oxygens (including phenoxy) is 1. The first-order chi connectivity index (χ1) is 19.5. The first kappa shape index (κ1) is 31.1. The number of hydrogen-bond acceptors (Lipinski definition) is 5. The lowest BCUT2D eigenvalue weighted by molar-refractivity contribution is -0.124. The molecule has 0 saturated heterocycles. The molecule has 0 fully saturated rings. The molecule has 0 radical (unpaired) electrons. The molecule has 4 rings (SSSR count). The molecule has 0 aliphatic carbocycles. The topological polar surface area (TPSA) is 93.9 Å². The van der Waals surface area contributed by atoms with Crippen molar-refractivity contribution in [2.24, 2.45) is 11.8 Å². The van der Waals surface area contributed by atoms with E-state index < -0.39 is 19.8 Å². The lowest BCUT2D eigenvalue weighted by atomic mass is 9.65. The van der Waals surface area contributed by atoms with Crippen LogP contribution in [0.3, 0.4) is 0 Å². The van der Waals surface area contributed by atoms with E-state index in [0.717, 1.165) is 17.5 Å². The Morgan fingerprint density at radius 2 is 1.71 bits per heavy atom. The largest absolute Gasteiger partial charge is 0.445 e. The minimum absolute atomic E-state index is 0.211. The quantitative estimate of drug-likeness (QED) is 0.0986. The van der Waals surface area contributed by atoms with Crippen LogP contribution in [0, 0.1) is 5.92 Å². The van der Waals surface area contributed by atoms with Gasteiger partial charge in [0, 0.05) is 29.1 Å². The first-order valence-electron chi connectivity index (χ1n) is 13.8. The second-order valence-electron chi connectivity index (χ2n) is 11.2. The number of nitrogens with zero attached hydrogens (tertiary/aromatic N) is 1. The number of nitrogens with one attached hydrogen (secondary N) is 1. The van der Waals surface area contributed by atoms with E-state index >= 15 is 0 Å². The highest BCUT2D eigenvalue weighted by molar-refractivity contribution is 6.69. The number of nitrogens with two attached hydrogens (primary N) is 1. The van der Waals surface area contributed by atoms with E-state index in [1.54, 1.807) is 18.2 Å². The van der Waals surface area contributed by atoms with Crippen LogP contribution in [-0.4, -0.2) is 33.5 Å². The third-order valence-corrected chi connectivity index (χ3v) is 8.89. The van der Waals surface area contributed by atoms with Crippen molar-refractivity contribution in [3.05, 3.63) is 99.5 Å². The number of benzene rings is 3. The maximum atomic E-state index is 14.3. The summed E-state index contributed by atoms with van der Waals surface area (Å²) in [6, 6.07) is 22.2. The molecular formula is C31H37Cl2N3O4Si. The number of anilines is 1. The Bertz CT molecular complexity index is 1370. The zero-order valence-electron chi connectivity index (χ0n) is 23.7. The van der Waals surface area contributed by atoms with Crippen molar-refractivity contribution in [2.75, 3.05) is 18.2 Å². The number of hydrogen-bond donors (Lipinski definition) is 2.